The topological polar surface area (TPSA) is 17.1 Å². The van der Waals surface area contributed by atoms with Gasteiger partial charge in [0.1, 0.15) is 5.78 Å². The minimum Gasteiger partial charge on any atom is -0.518 e. The van der Waals surface area contributed by atoms with Crippen molar-refractivity contribution in [2.24, 2.45) is 17.8 Å². The van der Waals surface area contributed by atoms with Crippen LogP contribution in [0.15, 0.2) is 6.08 Å². The number of carbonyl (C=O) groups is 1. The van der Waals surface area contributed by atoms with Gasteiger partial charge in [-0.3, -0.25) is 10.9 Å². The van der Waals surface area contributed by atoms with Crippen LogP contribution in [0, 0.1) is 24.3 Å². The molecule has 0 aromatic heterocycles. The van der Waals surface area contributed by atoms with E-state index in [4.69, 9.17) is 6.58 Å². The average Bonchev–Trinajstić information content (AvgIpc) is 2.24. The summed E-state index contributed by atoms with van der Waals surface area (Å²) in [4.78, 5) is 11.3. The molecule has 0 aromatic rings. The van der Waals surface area contributed by atoms with Crippen LogP contribution in [0.5, 0.6) is 0 Å². The molecule has 0 unspecified atom stereocenters. The first kappa shape index (κ1) is 12.5. The van der Waals surface area contributed by atoms with Gasteiger partial charge in [-0.25, -0.2) is 0 Å². The third-order valence-electron chi connectivity index (χ3n) is 2.72. The molecule has 0 saturated heterocycles. The molecule has 0 spiro atoms. The molecule has 0 aromatic carbocycles. The van der Waals surface area contributed by atoms with E-state index < -0.39 is 0 Å². The van der Waals surface area contributed by atoms with E-state index in [2.05, 4.69) is 13.8 Å². The van der Waals surface area contributed by atoms with Gasteiger partial charge >= 0.3 is 0 Å². The Kier molecular flexibility index (Phi) is 5.51. The second kappa shape index (κ2) is 5.29. The first-order valence-corrected chi connectivity index (χ1v) is 4.28. The van der Waals surface area contributed by atoms with E-state index in [1.54, 1.807) is 6.08 Å². The molecule has 0 N–H and O–H groups in total. The number of hydrogen-bond acceptors (Lipinski definition) is 1. The maximum atomic E-state index is 11.3. The molecular formula is C10H15OY-. The summed E-state index contributed by atoms with van der Waals surface area (Å²) >= 11 is 0. The fourth-order valence-corrected chi connectivity index (χ4v) is 2.04. The van der Waals surface area contributed by atoms with Crippen LogP contribution in [-0.4, -0.2) is 5.78 Å². The van der Waals surface area contributed by atoms with E-state index in [9.17, 15) is 4.79 Å². The Labute approximate surface area is 99.9 Å². The van der Waals surface area contributed by atoms with E-state index in [0.717, 1.165) is 12.8 Å². The Bertz CT molecular complexity index is 177. The van der Waals surface area contributed by atoms with E-state index in [0.29, 0.717) is 17.6 Å². The predicted molar refractivity (Wildman–Crippen MR) is 44.9 cm³/mol. The van der Waals surface area contributed by atoms with Gasteiger partial charge in [0, 0.05) is 45.0 Å². The standard InChI is InChI=1S/C10H15O.Y/c1-4-8-7(3)6-10(11)9(8)5-2;/h1,4,7-9H,5-6H2,2-3H3;/q-1;/t7-,8+,9-;/m1./s1. The molecule has 3 atom stereocenters. The van der Waals surface area contributed by atoms with Crippen molar-refractivity contribution in [1.82, 2.24) is 0 Å². The molecule has 1 aliphatic rings. The summed E-state index contributed by atoms with van der Waals surface area (Å²) < 4.78 is 0. The molecule has 1 rings (SSSR count). The van der Waals surface area contributed by atoms with E-state index in [-0.39, 0.29) is 38.6 Å². The zero-order chi connectivity index (χ0) is 8.43. The van der Waals surface area contributed by atoms with Crippen molar-refractivity contribution in [2.75, 3.05) is 0 Å². The van der Waals surface area contributed by atoms with Crippen molar-refractivity contribution >= 4 is 5.78 Å². The third kappa shape index (κ3) is 2.26. The Morgan fingerprint density at radius 3 is 2.58 bits per heavy atom. The van der Waals surface area contributed by atoms with Crippen molar-refractivity contribution in [3.05, 3.63) is 12.7 Å². The number of Topliss-reactive ketones (excluding diaryl/α,β-unsaturated/α-hetero) is 1. The number of ketones is 1. The van der Waals surface area contributed by atoms with E-state index >= 15 is 0 Å². The van der Waals surface area contributed by atoms with Crippen LogP contribution < -0.4 is 0 Å². The summed E-state index contributed by atoms with van der Waals surface area (Å²) in [5, 5.41) is 0. The minimum atomic E-state index is 0. The van der Waals surface area contributed by atoms with Gasteiger partial charge < -0.3 is 6.58 Å². The van der Waals surface area contributed by atoms with Gasteiger partial charge in [-0.15, -0.1) is 0 Å². The molecule has 2 heteroatoms. The average molecular weight is 240 g/mol. The Morgan fingerprint density at radius 1 is 1.67 bits per heavy atom. The molecule has 0 aliphatic heterocycles. The zero-order valence-electron chi connectivity index (χ0n) is 7.79. The van der Waals surface area contributed by atoms with Crippen molar-refractivity contribution in [3.63, 3.8) is 0 Å². The van der Waals surface area contributed by atoms with Gasteiger partial charge in [-0.1, -0.05) is 13.8 Å². The molecular weight excluding hydrogens is 225 g/mol. The summed E-state index contributed by atoms with van der Waals surface area (Å²) in [7, 11) is 0. The molecule has 1 nitrogen and oxygen atoms in total. The van der Waals surface area contributed by atoms with E-state index in [1.807, 2.05) is 0 Å². The van der Waals surface area contributed by atoms with Crippen LogP contribution in [0.3, 0.4) is 0 Å². The van der Waals surface area contributed by atoms with Crippen LogP contribution in [0.2, 0.25) is 0 Å². The van der Waals surface area contributed by atoms with Gasteiger partial charge in [-0.05, 0) is 18.3 Å². The Hall–Kier alpha value is 0.514. The Balaban J connectivity index is 0.00000121. The van der Waals surface area contributed by atoms with Crippen LogP contribution >= 0.6 is 0 Å². The number of hydrogen-bond donors (Lipinski definition) is 0. The third-order valence-corrected chi connectivity index (χ3v) is 2.72. The van der Waals surface area contributed by atoms with Crippen molar-refractivity contribution in [1.29, 1.82) is 0 Å². The summed E-state index contributed by atoms with van der Waals surface area (Å²) in [6, 6.07) is 0. The first-order valence-electron chi connectivity index (χ1n) is 4.28. The van der Waals surface area contributed by atoms with Gasteiger partial charge in [0.15, 0.2) is 0 Å². The number of carbonyl (C=O) groups excluding carboxylic acids is 1. The fourth-order valence-electron chi connectivity index (χ4n) is 2.04. The first-order chi connectivity index (χ1) is 5.20. The normalized spacial score (nSPS) is 34.5. The molecule has 65 valence electrons. The largest absolute Gasteiger partial charge is 0.518 e. The molecule has 1 fully saturated rings. The van der Waals surface area contributed by atoms with E-state index in [1.165, 1.54) is 0 Å². The molecule has 1 radical (unpaired) electrons. The summed E-state index contributed by atoms with van der Waals surface area (Å²) in [5.74, 6) is 1.38. The van der Waals surface area contributed by atoms with Crippen LogP contribution in [0.4, 0.5) is 0 Å². The summed E-state index contributed by atoms with van der Waals surface area (Å²) in [5.41, 5.74) is 0. The van der Waals surface area contributed by atoms with Crippen LogP contribution in [-0.2, 0) is 37.5 Å². The predicted octanol–water partition coefficient (Wildman–Crippen LogP) is 2.22. The van der Waals surface area contributed by atoms with Crippen LogP contribution in [0.1, 0.15) is 26.7 Å². The van der Waals surface area contributed by atoms with Crippen LogP contribution in [0.25, 0.3) is 0 Å². The van der Waals surface area contributed by atoms with Crippen molar-refractivity contribution in [2.45, 2.75) is 26.7 Å². The SMILES string of the molecule is [CH-]=C[C@H]1[C@H](C)CC(=O)[C@@H]1CC.[Y]. The maximum absolute atomic E-state index is 11.3. The molecule has 1 aliphatic carbocycles. The number of rotatable bonds is 2. The molecule has 1 saturated carbocycles. The molecule has 0 amide bonds. The minimum absolute atomic E-state index is 0. The number of allylic oxidation sites excluding steroid dienone is 1. The molecule has 0 bridgehead atoms. The second-order valence-electron chi connectivity index (χ2n) is 3.43. The van der Waals surface area contributed by atoms with Gasteiger partial charge in [0.05, 0.1) is 0 Å². The second-order valence-corrected chi connectivity index (χ2v) is 3.43. The smallest absolute Gasteiger partial charge is 0.136 e. The van der Waals surface area contributed by atoms with Gasteiger partial charge in [0.25, 0.3) is 0 Å². The quantitative estimate of drug-likeness (QED) is 0.676. The van der Waals surface area contributed by atoms with Crippen molar-refractivity contribution in [3.8, 4) is 0 Å². The Morgan fingerprint density at radius 2 is 2.25 bits per heavy atom. The fraction of sp³-hybridized carbons (Fsp3) is 0.700. The summed E-state index contributed by atoms with van der Waals surface area (Å²) in [6.45, 7) is 9.63. The monoisotopic (exact) mass is 240 g/mol. The van der Waals surface area contributed by atoms with Crippen molar-refractivity contribution < 1.29 is 37.5 Å². The van der Waals surface area contributed by atoms with Gasteiger partial charge in [-0.2, -0.15) is 0 Å². The zero-order valence-corrected chi connectivity index (χ0v) is 10.6. The molecule has 12 heavy (non-hydrogen) atoms. The summed E-state index contributed by atoms with van der Waals surface area (Å²) in [6.07, 6.45) is 3.35. The maximum Gasteiger partial charge on any atom is 0.136 e. The molecule has 0 heterocycles. The van der Waals surface area contributed by atoms with Gasteiger partial charge in [0.2, 0.25) is 0 Å².